The molecule has 0 aliphatic rings. The Morgan fingerprint density at radius 2 is 2.11 bits per heavy atom. The summed E-state index contributed by atoms with van der Waals surface area (Å²) in [7, 11) is 0. The van der Waals surface area contributed by atoms with Crippen LogP contribution in [0.4, 0.5) is 5.69 Å². The summed E-state index contributed by atoms with van der Waals surface area (Å²) in [6.07, 6.45) is 0. The zero-order valence-electron chi connectivity index (χ0n) is 4.97. The number of nitrogen functional groups attached to an aromatic ring is 1. The van der Waals surface area contributed by atoms with Crippen LogP contribution in [0.3, 0.4) is 0 Å². The average molecular weight is 284 g/mol. The quantitative estimate of drug-likeness (QED) is 0.255. The summed E-state index contributed by atoms with van der Waals surface area (Å²) in [6, 6.07) is 10.1. The van der Waals surface area contributed by atoms with E-state index in [1.165, 1.54) is 0 Å². The van der Waals surface area contributed by atoms with Gasteiger partial charge in [0.1, 0.15) is 0 Å². The SMILES string of the molecule is Nc1c[c-]ccc1.[I-].[Zn+2]. The molecule has 3 heteroatoms. The van der Waals surface area contributed by atoms with E-state index >= 15 is 0 Å². The standard InChI is InChI=1S/C6H6N.HI.Zn/c7-6-4-2-1-3-5-6;;/h1-2,4-5H,7H2;1H;/q-1;;+2/p-1. The summed E-state index contributed by atoms with van der Waals surface area (Å²) in [4.78, 5) is 0. The molecule has 0 spiro atoms. The molecule has 0 bridgehead atoms. The smallest absolute Gasteiger partial charge is 1.00 e. The predicted octanol–water partition coefficient (Wildman–Crippen LogP) is -1.93. The van der Waals surface area contributed by atoms with Crippen LogP contribution in [0.1, 0.15) is 0 Å². The zero-order chi connectivity index (χ0) is 5.11. The van der Waals surface area contributed by atoms with Crippen molar-refractivity contribution in [3.05, 3.63) is 30.3 Å². The molecule has 2 N–H and O–H groups in total. The number of anilines is 1. The van der Waals surface area contributed by atoms with Gasteiger partial charge in [0.05, 0.1) is 0 Å². The van der Waals surface area contributed by atoms with Gasteiger partial charge in [0.15, 0.2) is 0 Å². The maximum atomic E-state index is 5.33. The van der Waals surface area contributed by atoms with Gasteiger partial charge < -0.3 is 29.7 Å². The Balaban J connectivity index is 0. The van der Waals surface area contributed by atoms with Gasteiger partial charge in [-0.1, -0.05) is 5.69 Å². The van der Waals surface area contributed by atoms with Crippen LogP contribution < -0.4 is 29.7 Å². The molecular formula is C6H6INZn. The van der Waals surface area contributed by atoms with Gasteiger partial charge in [-0.3, -0.25) is 0 Å². The van der Waals surface area contributed by atoms with Gasteiger partial charge in [0.25, 0.3) is 0 Å². The molecule has 9 heavy (non-hydrogen) atoms. The third-order valence-corrected chi connectivity index (χ3v) is 0.731. The first kappa shape index (κ1) is 12.1. The molecular weight excluding hydrogens is 278 g/mol. The fraction of sp³-hybridized carbons (Fsp3) is 0. The minimum Gasteiger partial charge on any atom is -1.00 e. The maximum Gasteiger partial charge on any atom is 2.00 e. The van der Waals surface area contributed by atoms with Crippen LogP contribution >= 0.6 is 0 Å². The van der Waals surface area contributed by atoms with Crippen molar-refractivity contribution in [1.29, 1.82) is 0 Å². The molecule has 0 saturated carbocycles. The number of nitrogens with two attached hydrogens (primary N) is 1. The summed E-state index contributed by atoms with van der Waals surface area (Å²) in [5.74, 6) is 0. The van der Waals surface area contributed by atoms with Crippen LogP contribution in [0.25, 0.3) is 0 Å². The van der Waals surface area contributed by atoms with Crippen molar-refractivity contribution >= 4 is 5.69 Å². The van der Waals surface area contributed by atoms with Crippen molar-refractivity contribution in [2.75, 3.05) is 5.73 Å². The van der Waals surface area contributed by atoms with E-state index in [1.807, 2.05) is 18.2 Å². The van der Waals surface area contributed by atoms with Gasteiger partial charge in [0, 0.05) is 0 Å². The maximum absolute atomic E-state index is 5.33. The van der Waals surface area contributed by atoms with Crippen LogP contribution in [0.5, 0.6) is 0 Å². The molecule has 1 aromatic rings. The summed E-state index contributed by atoms with van der Waals surface area (Å²) in [6.45, 7) is 0. The normalized spacial score (nSPS) is 6.67. The average Bonchev–Trinajstić information content (AvgIpc) is 1.69. The molecule has 1 rings (SSSR count). The molecule has 0 aliphatic heterocycles. The Morgan fingerprint density at radius 1 is 1.44 bits per heavy atom. The second-order valence-corrected chi connectivity index (χ2v) is 1.34. The van der Waals surface area contributed by atoms with Crippen molar-refractivity contribution in [1.82, 2.24) is 0 Å². The number of hydrogen-bond acceptors (Lipinski definition) is 1. The van der Waals surface area contributed by atoms with E-state index in [0.717, 1.165) is 5.69 Å². The van der Waals surface area contributed by atoms with E-state index in [1.54, 1.807) is 6.07 Å². The van der Waals surface area contributed by atoms with E-state index in [2.05, 4.69) is 6.07 Å². The van der Waals surface area contributed by atoms with Crippen LogP contribution in [0, 0.1) is 6.07 Å². The zero-order valence-corrected chi connectivity index (χ0v) is 10.1. The molecule has 1 aromatic carbocycles. The second kappa shape index (κ2) is 6.49. The van der Waals surface area contributed by atoms with Crippen molar-refractivity contribution in [2.24, 2.45) is 0 Å². The molecule has 44 valence electrons. The Kier molecular flexibility index (Phi) is 8.72. The molecule has 0 heterocycles. The Labute approximate surface area is 84.8 Å². The molecule has 1 nitrogen and oxygen atoms in total. The fourth-order valence-corrected chi connectivity index (χ4v) is 0.407. The van der Waals surface area contributed by atoms with E-state index in [0.29, 0.717) is 0 Å². The van der Waals surface area contributed by atoms with Crippen molar-refractivity contribution in [2.45, 2.75) is 0 Å². The molecule has 0 unspecified atom stereocenters. The number of hydrogen-bond donors (Lipinski definition) is 1. The molecule has 0 atom stereocenters. The first-order valence-electron chi connectivity index (χ1n) is 2.11. The minimum atomic E-state index is 0. The number of rotatable bonds is 0. The summed E-state index contributed by atoms with van der Waals surface area (Å²) in [5, 5.41) is 0. The summed E-state index contributed by atoms with van der Waals surface area (Å²) in [5.41, 5.74) is 6.09. The second-order valence-electron chi connectivity index (χ2n) is 1.34. The third kappa shape index (κ3) is 4.85. The molecule has 0 amide bonds. The molecule has 0 aliphatic carbocycles. The molecule has 0 fully saturated rings. The first-order chi connectivity index (χ1) is 3.39. The largest absolute Gasteiger partial charge is 2.00 e. The van der Waals surface area contributed by atoms with E-state index in [9.17, 15) is 0 Å². The van der Waals surface area contributed by atoms with Crippen molar-refractivity contribution < 1.29 is 43.5 Å². The molecule has 0 radical (unpaired) electrons. The van der Waals surface area contributed by atoms with Crippen LogP contribution in [0.15, 0.2) is 24.3 Å². The fourth-order valence-electron chi connectivity index (χ4n) is 0.407. The van der Waals surface area contributed by atoms with E-state index in [4.69, 9.17) is 5.73 Å². The van der Waals surface area contributed by atoms with Gasteiger partial charge in [0.2, 0.25) is 0 Å². The topological polar surface area (TPSA) is 26.0 Å². The van der Waals surface area contributed by atoms with Gasteiger partial charge in [-0.15, -0.1) is 0 Å². The Morgan fingerprint density at radius 3 is 2.33 bits per heavy atom. The minimum absolute atomic E-state index is 0. The first-order valence-corrected chi connectivity index (χ1v) is 2.11. The van der Waals surface area contributed by atoms with Gasteiger partial charge >= 0.3 is 19.5 Å². The van der Waals surface area contributed by atoms with Crippen LogP contribution in [-0.4, -0.2) is 0 Å². The monoisotopic (exact) mass is 283 g/mol. The van der Waals surface area contributed by atoms with Crippen LogP contribution in [0.2, 0.25) is 0 Å². The van der Waals surface area contributed by atoms with Gasteiger partial charge in [-0.25, -0.2) is 0 Å². The van der Waals surface area contributed by atoms with Gasteiger partial charge in [-0.2, -0.15) is 30.3 Å². The molecule has 0 saturated heterocycles. The third-order valence-electron chi connectivity index (χ3n) is 0.731. The Bertz CT molecular complexity index is 143. The van der Waals surface area contributed by atoms with Crippen molar-refractivity contribution in [3.63, 3.8) is 0 Å². The summed E-state index contributed by atoms with van der Waals surface area (Å²) >= 11 is 0. The van der Waals surface area contributed by atoms with Crippen LogP contribution in [-0.2, 0) is 19.5 Å². The summed E-state index contributed by atoms with van der Waals surface area (Å²) < 4.78 is 0. The predicted molar refractivity (Wildman–Crippen MR) is 29.7 cm³/mol. The number of benzene rings is 1. The van der Waals surface area contributed by atoms with E-state index < -0.39 is 0 Å². The Hall–Kier alpha value is 0.373. The van der Waals surface area contributed by atoms with Gasteiger partial charge in [-0.05, 0) is 0 Å². The molecule has 0 aromatic heterocycles. The number of halogens is 1. The van der Waals surface area contributed by atoms with E-state index in [-0.39, 0.29) is 43.5 Å². The van der Waals surface area contributed by atoms with Crippen molar-refractivity contribution in [3.8, 4) is 0 Å².